The molecule has 0 unspecified atom stereocenters. The van der Waals surface area contributed by atoms with Gasteiger partial charge in [-0.2, -0.15) is 4.98 Å². The van der Waals surface area contributed by atoms with Crippen molar-refractivity contribution >= 4 is 17.3 Å². The molecule has 2 aliphatic rings. The van der Waals surface area contributed by atoms with Gasteiger partial charge in [-0.3, -0.25) is 0 Å². The first-order valence-corrected chi connectivity index (χ1v) is 9.65. The molecule has 142 valence electrons. The Hall–Kier alpha value is -3.12. The number of nitrogens with zero attached hydrogens (tertiary/aromatic N) is 4. The van der Waals surface area contributed by atoms with Gasteiger partial charge in [0, 0.05) is 30.9 Å². The van der Waals surface area contributed by atoms with Crippen LogP contribution in [0.4, 0.5) is 11.8 Å². The molecule has 1 saturated heterocycles. The fourth-order valence-electron chi connectivity index (χ4n) is 4.00. The van der Waals surface area contributed by atoms with Crippen LogP contribution in [0.2, 0.25) is 0 Å². The van der Waals surface area contributed by atoms with Crippen molar-refractivity contribution in [1.29, 1.82) is 0 Å². The van der Waals surface area contributed by atoms with E-state index in [1.807, 2.05) is 41.0 Å². The molecule has 28 heavy (non-hydrogen) atoms. The average molecular weight is 373 g/mol. The van der Waals surface area contributed by atoms with Gasteiger partial charge in [-0.05, 0) is 37.1 Å². The molecule has 3 aromatic rings. The molecule has 6 nitrogen and oxygen atoms in total. The fourth-order valence-corrected chi connectivity index (χ4v) is 4.00. The quantitative estimate of drug-likeness (QED) is 0.734. The van der Waals surface area contributed by atoms with E-state index >= 15 is 0 Å². The van der Waals surface area contributed by atoms with E-state index in [1.54, 1.807) is 0 Å². The molecule has 0 bridgehead atoms. The zero-order valence-corrected chi connectivity index (χ0v) is 15.8. The van der Waals surface area contributed by atoms with Crippen molar-refractivity contribution < 1.29 is 5.11 Å². The summed E-state index contributed by atoms with van der Waals surface area (Å²) in [6.07, 6.45) is 6.77. The third kappa shape index (κ3) is 3.05. The molecule has 2 atom stereocenters. The van der Waals surface area contributed by atoms with Gasteiger partial charge in [0.25, 0.3) is 0 Å². The summed E-state index contributed by atoms with van der Waals surface area (Å²) in [7, 11) is 0. The highest BCUT2D eigenvalue weighted by molar-refractivity contribution is 5.71. The third-order valence-corrected chi connectivity index (χ3v) is 5.49. The van der Waals surface area contributed by atoms with Crippen LogP contribution in [-0.2, 0) is 0 Å². The van der Waals surface area contributed by atoms with Crippen LogP contribution in [0.1, 0.15) is 24.8 Å². The van der Waals surface area contributed by atoms with Gasteiger partial charge in [-0.25, -0.2) is 4.52 Å². The third-order valence-electron chi connectivity index (χ3n) is 5.49. The van der Waals surface area contributed by atoms with E-state index in [9.17, 15) is 5.11 Å². The van der Waals surface area contributed by atoms with Crippen molar-refractivity contribution in [3.63, 3.8) is 0 Å². The molecule has 2 aromatic heterocycles. The lowest BCUT2D eigenvalue weighted by Crippen LogP contribution is -2.24. The Morgan fingerprint density at radius 2 is 1.96 bits per heavy atom. The maximum Gasteiger partial charge on any atom is 0.245 e. The lowest BCUT2D eigenvalue weighted by molar-refractivity contribution is 0.179. The Balaban J connectivity index is 1.46. The monoisotopic (exact) mass is 373 g/mol. The Morgan fingerprint density at radius 1 is 1.11 bits per heavy atom. The molecule has 1 aliphatic heterocycles. The highest BCUT2D eigenvalue weighted by Crippen LogP contribution is 2.31. The molecule has 0 spiro atoms. The number of anilines is 2. The van der Waals surface area contributed by atoms with Crippen LogP contribution in [0.5, 0.6) is 0 Å². The van der Waals surface area contributed by atoms with E-state index in [0.29, 0.717) is 19.0 Å². The molecule has 0 radical (unpaired) electrons. The number of rotatable bonds is 4. The minimum Gasteiger partial charge on any atom is -0.391 e. The Bertz CT molecular complexity index is 1070. The smallest absolute Gasteiger partial charge is 0.245 e. The van der Waals surface area contributed by atoms with E-state index in [1.165, 1.54) is 5.57 Å². The molecule has 1 aliphatic carbocycles. The predicted octanol–water partition coefficient (Wildman–Crippen LogP) is 3.34. The van der Waals surface area contributed by atoms with Crippen LogP contribution in [0.3, 0.4) is 0 Å². The molecule has 6 heteroatoms. The SMILES string of the molecule is CC1=CC(Nc2nc(N3C[C@@H](O)[C@H](c4ccccc4)C3)nn3cccc23)=CC1. The second kappa shape index (κ2) is 6.80. The highest BCUT2D eigenvalue weighted by atomic mass is 16.3. The second-order valence-corrected chi connectivity index (χ2v) is 7.57. The zero-order chi connectivity index (χ0) is 19.1. The van der Waals surface area contributed by atoms with E-state index in [2.05, 4.69) is 46.5 Å². The molecule has 1 aromatic carbocycles. The number of aliphatic hydroxyl groups is 1. The van der Waals surface area contributed by atoms with Crippen molar-refractivity contribution in [3.8, 4) is 0 Å². The maximum absolute atomic E-state index is 10.6. The lowest BCUT2D eigenvalue weighted by Gasteiger charge is -2.18. The van der Waals surface area contributed by atoms with Crippen LogP contribution in [-0.4, -0.2) is 38.9 Å². The van der Waals surface area contributed by atoms with Crippen molar-refractivity contribution in [2.75, 3.05) is 23.3 Å². The highest BCUT2D eigenvalue weighted by Gasteiger charge is 2.34. The van der Waals surface area contributed by atoms with Crippen molar-refractivity contribution in [2.45, 2.75) is 25.4 Å². The molecule has 3 heterocycles. The summed E-state index contributed by atoms with van der Waals surface area (Å²) in [5.74, 6) is 1.47. The standard InChI is InChI=1S/C22H23N5O/c1-15-9-10-17(12-15)23-21-19-8-5-11-27(19)25-22(24-21)26-13-18(20(28)14-26)16-6-3-2-4-7-16/h2-8,10-12,18,20,28H,9,13-14H2,1H3,(H,23,24,25)/t18-,20+/m0/s1. The first-order chi connectivity index (χ1) is 13.7. The van der Waals surface area contributed by atoms with Crippen molar-refractivity contribution in [3.05, 3.63) is 77.6 Å². The number of hydrogen-bond donors (Lipinski definition) is 2. The summed E-state index contributed by atoms with van der Waals surface area (Å²) in [4.78, 5) is 6.87. The van der Waals surface area contributed by atoms with Crippen LogP contribution < -0.4 is 10.2 Å². The average Bonchev–Trinajstić information content (AvgIpc) is 3.42. The van der Waals surface area contributed by atoms with Crippen molar-refractivity contribution in [1.82, 2.24) is 14.6 Å². The lowest BCUT2D eigenvalue weighted by atomic mass is 9.96. The van der Waals surface area contributed by atoms with Gasteiger partial charge in [0.15, 0.2) is 5.82 Å². The van der Waals surface area contributed by atoms with Crippen molar-refractivity contribution in [2.24, 2.45) is 0 Å². The Labute approximate surface area is 163 Å². The van der Waals surface area contributed by atoms with Crippen LogP contribution in [0.25, 0.3) is 5.52 Å². The van der Waals surface area contributed by atoms with Gasteiger partial charge in [0.2, 0.25) is 5.95 Å². The summed E-state index contributed by atoms with van der Waals surface area (Å²) in [5.41, 5.74) is 4.47. The predicted molar refractivity (Wildman–Crippen MR) is 110 cm³/mol. The fraction of sp³-hybridized carbons (Fsp3) is 0.273. The summed E-state index contributed by atoms with van der Waals surface area (Å²) >= 11 is 0. The minimum absolute atomic E-state index is 0.0599. The normalized spacial score (nSPS) is 21.9. The first kappa shape index (κ1) is 17.0. The second-order valence-electron chi connectivity index (χ2n) is 7.57. The molecule has 0 amide bonds. The van der Waals surface area contributed by atoms with Crippen LogP contribution in [0, 0.1) is 0 Å². The molecular formula is C22H23N5O. The van der Waals surface area contributed by atoms with Gasteiger partial charge in [0.1, 0.15) is 5.52 Å². The van der Waals surface area contributed by atoms with Gasteiger partial charge < -0.3 is 15.3 Å². The summed E-state index contributed by atoms with van der Waals surface area (Å²) < 4.78 is 1.85. The maximum atomic E-state index is 10.6. The van der Waals surface area contributed by atoms with E-state index < -0.39 is 6.10 Å². The number of allylic oxidation sites excluding steroid dienone is 3. The molecule has 1 fully saturated rings. The van der Waals surface area contributed by atoms with Gasteiger partial charge >= 0.3 is 0 Å². The molecule has 2 N–H and O–H groups in total. The van der Waals surface area contributed by atoms with Crippen LogP contribution in [0.15, 0.2) is 72.1 Å². The van der Waals surface area contributed by atoms with Gasteiger partial charge in [-0.1, -0.05) is 42.0 Å². The minimum atomic E-state index is -0.439. The van der Waals surface area contributed by atoms with E-state index in [-0.39, 0.29) is 5.92 Å². The topological polar surface area (TPSA) is 65.7 Å². The van der Waals surface area contributed by atoms with E-state index in [4.69, 9.17) is 4.98 Å². The summed E-state index contributed by atoms with van der Waals surface area (Å²) in [5, 5.41) is 18.8. The number of aliphatic hydroxyl groups excluding tert-OH is 1. The van der Waals surface area contributed by atoms with Crippen LogP contribution >= 0.6 is 0 Å². The number of fused-ring (bicyclic) bond motifs is 1. The van der Waals surface area contributed by atoms with Gasteiger partial charge in [-0.15, -0.1) is 5.10 Å². The number of nitrogens with one attached hydrogen (secondary N) is 1. The summed E-state index contributed by atoms with van der Waals surface area (Å²) in [6, 6.07) is 14.1. The largest absolute Gasteiger partial charge is 0.391 e. The molecule has 5 rings (SSSR count). The number of hydrogen-bond acceptors (Lipinski definition) is 5. The summed E-state index contributed by atoms with van der Waals surface area (Å²) in [6.45, 7) is 3.34. The first-order valence-electron chi connectivity index (χ1n) is 9.65. The number of aromatic nitrogens is 3. The number of β-amino-alcohol motifs (C(OH)–C–C–N with tert-alkyl or cyclic N) is 1. The number of benzene rings is 1. The van der Waals surface area contributed by atoms with E-state index in [0.717, 1.165) is 29.0 Å². The molecular weight excluding hydrogens is 350 g/mol. The Kier molecular flexibility index (Phi) is 4.13. The molecule has 0 saturated carbocycles. The Morgan fingerprint density at radius 3 is 2.75 bits per heavy atom. The zero-order valence-electron chi connectivity index (χ0n) is 15.8. The van der Waals surface area contributed by atoms with Gasteiger partial charge in [0.05, 0.1) is 6.10 Å².